The number of carbonyl (C=O) groups excluding carboxylic acids is 1. The van der Waals surface area contributed by atoms with Gasteiger partial charge in [-0.1, -0.05) is 29.8 Å². The molecule has 2 N–H and O–H groups in total. The quantitative estimate of drug-likeness (QED) is 0.739. The molecule has 0 spiro atoms. The molecular formula is C22H24N2O2. The number of amides is 1. The highest BCUT2D eigenvalue weighted by atomic mass is 16.5. The van der Waals surface area contributed by atoms with E-state index in [1.807, 2.05) is 6.07 Å². The highest BCUT2D eigenvalue weighted by Gasteiger charge is 2.26. The Morgan fingerprint density at radius 2 is 2.00 bits per heavy atom. The minimum atomic E-state index is 0.127. The Balaban J connectivity index is 1.37. The summed E-state index contributed by atoms with van der Waals surface area (Å²) in [4.78, 5) is 15.8. The molecule has 1 heterocycles. The van der Waals surface area contributed by atoms with E-state index in [-0.39, 0.29) is 11.9 Å². The van der Waals surface area contributed by atoms with Gasteiger partial charge in [-0.2, -0.15) is 0 Å². The van der Waals surface area contributed by atoms with Gasteiger partial charge in [0, 0.05) is 35.5 Å². The van der Waals surface area contributed by atoms with E-state index in [2.05, 4.69) is 53.6 Å². The fourth-order valence-electron chi connectivity index (χ4n) is 3.80. The summed E-state index contributed by atoms with van der Waals surface area (Å²) < 4.78 is 5.34. The Morgan fingerprint density at radius 3 is 2.77 bits per heavy atom. The van der Waals surface area contributed by atoms with Crippen LogP contribution >= 0.6 is 0 Å². The molecule has 4 rings (SSSR count). The smallest absolute Gasteiger partial charge is 0.220 e. The predicted molar refractivity (Wildman–Crippen MR) is 104 cm³/mol. The van der Waals surface area contributed by atoms with Gasteiger partial charge >= 0.3 is 0 Å². The molecule has 1 aliphatic carbocycles. The minimum absolute atomic E-state index is 0.127. The molecule has 1 unspecified atom stereocenters. The number of H-pyrrole nitrogens is 1. The second kappa shape index (κ2) is 6.87. The Hall–Kier alpha value is -2.75. The van der Waals surface area contributed by atoms with Crippen LogP contribution in [0.25, 0.3) is 10.9 Å². The summed E-state index contributed by atoms with van der Waals surface area (Å²) in [6.07, 6.45) is 3.05. The lowest BCUT2D eigenvalue weighted by atomic mass is 10.1. The van der Waals surface area contributed by atoms with Crippen LogP contribution in [-0.4, -0.2) is 24.0 Å². The summed E-state index contributed by atoms with van der Waals surface area (Å²) in [6.45, 7) is 2.07. The lowest BCUT2D eigenvalue weighted by Gasteiger charge is -2.12. The molecule has 3 aromatic rings. The van der Waals surface area contributed by atoms with Crippen molar-refractivity contribution in [1.29, 1.82) is 0 Å². The van der Waals surface area contributed by atoms with Crippen molar-refractivity contribution >= 4 is 16.8 Å². The van der Waals surface area contributed by atoms with E-state index < -0.39 is 0 Å². The summed E-state index contributed by atoms with van der Waals surface area (Å²) in [7, 11) is 1.69. The molecule has 0 fully saturated rings. The summed E-state index contributed by atoms with van der Waals surface area (Å²) in [5, 5.41) is 4.40. The Bertz CT molecular complexity index is 941. The fraction of sp³-hybridized carbons (Fsp3) is 0.318. The number of nitrogens with one attached hydrogen (secondary N) is 2. The van der Waals surface area contributed by atoms with Gasteiger partial charge in [-0.3, -0.25) is 4.79 Å². The third kappa shape index (κ3) is 3.32. The second-order valence-electron chi connectivity index (χ2n) is 7.15. The molecule has 0 radical (unpaired) electrons. The van der Waals surface area contributed by atoms with Gasteiger partial charge in [0.25, 0.3) is 0 Å². The Labute approximate surface area is 153 Å². The molecule has 1 aliphatic rings. The van der Waals surface area contributed by atoms with Gasteiger partial charge in [0.05, 0.1) is 7.11 Å². The predicted octanol–water partition coefficient (Wildman–Crippen LogP) is 3.70. The molecule has 0 bridgehead atoms. The number of methoxy groups -OCH3 is 1. The van der Waals surface area contributed by atoms with Crippen molar-refractivity contribution in [3.05, 3.63) is 64.8 Å². The van der Waals surface area contributed by atoms with Gasteiger partial charge in [-0.15, -0.1) is 0 Å². The van der Waals surface area contributed by atoms with Crippen LogP contribution in [0.5, 0.6) is 5.75 Å². The van der Waals surface area contributed by atoms with Gasteiger partial charge in [-0.25, -0.2) is 0 Å². The highest BCUT2D eigenvalue weighted by molar-refractivity contribution is 5.87. The first-order chi connectivity index (χ1) is 12.6. The van der Waals surface area contributed by atoms with E-state index in [1.165, 1.54) is 27.8 Å². The van der Waals surface area contributed by atoms with Crippen LogP contribution in [0.3, 0.4) is 0 Å². The van der Waals surface area contributed by atoms with Crippen molar-refractivity contribution in [1.82, 2.24) is 10.3 Å². The van der Waals surface area contributed by atoms with Crippen LogP contribution in [0.1, 0.15) is 28.8 Å². The molecule has 4 heteroatoms. The van der Waals surface area contributed by atoms with Crippen LogP contribution in [0.2, 0.25) is 0 Å². The van der Waals surface area contributed by atoms with E-state index in [4.69, 9.17) is 4.74 Å². The van der Waals surface area contributed by atoms with E-state index >= 15 is 0 Å². The number of benzene rings is 2. The Morgan fingerprint density at radius 1 is 1.19 bits per heavy atom. The third-order valence-corrected chi connectivity index (χ3v) is 5.23. The number of ether oxygens (including phenoxy) is 1. The number of hydrogen-bond donors (Lipinski definition) is 2. The van der Waals surface area contributed by atoms with Crippen LogP contribution in [0.15, 0.2) is 42.5 Å². The average Bonchev–Trinajstić information content (AvgIpc) is 3.18. The average molecular weight is 348 g/mol. The SMILES string of the molecule is COc1ccc2[nH]c3c(c2c1)CC(NC(=O)CCc1ccc(C)cc1)C3. The van der Waals surface area contributed by atoms with Crippen molar-refractivity contribution in [3.8, 4) is 5.75 Å². The van der Waals surface area contributed by atoms with Gasteiger partial charge < -0.3 is 15.0 Å². The molecule has 134 valence electrons. The van der Waals surface area contributed by atoms with E-state index in [1.54, 1.807) is 7.11 Å². The van der Waals surface area contributed by atoms with Crippen LogP contribution in [0.4, 0.5) is 0 Å². The minimum Gasteiger partial charge on any atom is -0.497 e. The number of fused-ring (bicyclic) bond motifs is 3. The van der Waals surface area contributed by atoms with E-state index in [0.717, 1.165) is 30.5 Å². The van der Waals surface area contributed by atoms with Crippen molar-refractivity contribution < 1.29 is 9.53 Å². The van der Waals surface area contributed by atoms with Crippen molar-refractivity contribution in [2.45, 2.75) is 38.6 Å². The molecule has 1 aromatic heterocycles. The molecule has 1 amide bonds. The second-order valence-corrected chi connectivity index (χ2v) is 7.15. The maximum absolute atomic E-state index is 12.3. The van der Waals surface area contributed by atoms with E-state index in [0.29, 0.717) is 6.42 Å². The first kappa shape index (κ1) is 16.7. The zero-order valence-corrected chi connectivity index (χ0v) is 15.3. The first-order valence-corrected chi connectivity index (χ1v) is 9.15. The van der Waals surface area contributed by atoms with Crippen molar-refractivity contribution in [3.63, 3.8) is 0 Å². The monoisotopic (exact) mass is 348 g/mol. The Kier molecular flexibility index (Phi) is 4.41. The van der Waals surface area contributed by atoms with Crippen molar-refractivity contribution in [2.24, 2.45) is 0 Å². The maximum atomic E-state index is 12.3. The third-order valence-electron chi connectivity index (χ3n) is 5.23. The summed E-state index contributed by atoms with van der Waals surface area (Å²) in [6, 6.07) is 14.7. The van der Waals surface area contributed by atoms with E-state index in [9.17, 15) is 4.79 Å². The normalized spacial score (nSPS) is 15.8. The summed E-state index contributed by atoms with van der Waals surface area (Å²) in [5.41, 5.74) is 6.13. The number of aryl methyl sites for hydroxylation is 2. The fourth-order valence-corrected chi connectivity index (χ4v) is 3.80. The topological polar surface area (TPSA) is 54.1 Å². The molecule has 2 aromatic carbocycles. The van der Waals surface area contributed by atoms with Crippen LogP contribution < -0.4 is 10.1 Å². The molecule has 4 nitrogen and oxygen atoms in total. The maximum Gasteiger partial charge on any atom is 0.220 e. The van der Waals surface area contributed by atoms with Gasteiger partial charge in [0.2, 0.25) is 5.91 Å². The van der Waals surface area contributed by atoms with Gasteiger partial charge in [-0.05, 0) is 49.1 Å². The zero-order chi connectivity index (χ0) is 18.1. The summed E-state index contributed by atoms with van der Waals surface area (Å²) in [5.74, 6) is 0.993. The van der Waals surface area contributed by atoms with Crippen LogP contribution in [0, 0.1) is 6.92 Å². The standard InChI is InChI=1S/C22H24N2O2/c1-14-3-5-15(6-4-14)7-10-22(25)23-16-11-18-19-13-17(26-2)8-9-20(19)24-21(18)12-16/h3-6,8-9,13,16,24H,7,10-12H2,1-2H3,(H,23,25). The largest absolute Gasteiger partial charge is 0.497 e. The van der Waals surface area contributed by atoms with Crippen molar-refractivity contribution in [2.75, 3.05) is 7.11 Å². The van der Waals surface area contributed by atoms with Crippen LogP contribution in [-0.2, 0) is 24.1 Å². The number of hydrogen-bond acceptors (Lipinski definition) is 2. The van der Waals surface area contributed by atoms with Gasteiger partial charge in [0.15, 0.2) is 0 Å². The summed E-state index contributed by atoms with van der Waals surface area (Å²) >= 11 is 0. The first-order valence-electron chi connectivity index (χ1n) is 9.15. The molecule has 26 heavy (non-hydrogen) atoms. The molecule has 0 saturated carbocycles. The molecular weight excluding hydrogens is 324 g/mol. The molecule has 0 saturated heterocycles. The lowest BCUT2D eigenvalue weighted by Crippen LogP contribution is -2.35. The highest BCUT2D eigenvalue weighted by Crippen LogP contribution is 2.32. The lowest BCUT2D eigenvalue weighted by molar-refractivity contribution is -0.121. The zero-order valence-electron chi connectivity index (χ0n) is 15.3. The number of rotatable bonds is 5. The van der Waals surface area contributed by atoms with Gasteiger partial charge in [0.1, 0.15) is 5.75 Å². The number of carbonyl (C=O) groups is 1. The molecule has 1 atom stereocenters. The number of aromatic nitrogens is 1. The number of aromatic amines is 1. The molecule has 0 aliphatic heterocycles.